The van der Waals surface area contributed by atoms with Crippen molar-refractivity contribution in [3.8, 4) is 0 Å². The number of urea groups is 1. The van der Waals surface area contributed by atoms with Gasteiger partial charge in [-0.3, -0.25) is 14.6 Å². The van der Waals surface area contributed by atoms with Gasteiger partial charge in [-0.15, -0.1) is 0 Å². The van der Waals surface area contributed by atoms with E-state index in [1.54, 1.807) is 12.5 Å². The van der Waals surface area contributed by atoms with E-state index in [1.807, 2.05) is 46.6 Å². The lowest BCUT2D eigenvalue weighted by molar-refractivity contribution is 0.225. The van der Waals surface area contributed by atoms with Gasteiger partial charge in [0.15, 0.2) is 0 Å². The molecule has 26 heavy (non-hydrogen) atoms. The van der Waals surface area contributed by atoms with Gasteiger partial charge in [0.25, 0.3) is 0 Å². The van der Waals surface area contributed by atoms with Crippen LogP contribution in [0.4, 0.5) is 10.6 Å². The van der Waals surface area contributed by atoms with E-state index in [-0.39, 0.29) is 12.1 Å². The number of fused-ring (bicyclic) bond motifs is 1. The molecule has 0 aromatic carbocycles. The van der Waals surface area contributed by atoms with Crippen molar-refractivity contribution in [3.63, 3.8) is 0 Å². The van der Waals surface area contributed by atoms with Crippen LogP contribution in [0.5, 0.6) is 0 Å². The first kappa shape index (κ1) is 16.6. The Morgan fingerprint density at radius 1 is 1.27 bits per heavy atom. The smallest absolute Gasteiger partial charge is 0.320 e. The summed E-state index contributed by atoms with van der Waals surface area (Å²) in [5.41, 5.74) is 1.79. The van der Waals surface area contributed by atoms with Gasteiger partial charge in [-0.05, 0) is 38.1 Å². The molecule has 136 valence electrons. The first-order valence-corrected chi connectivity index (χ1v) is 8.89. The molecule has 0 aliphatic carbocycles. The molecule has 1 aliphatic heterocycles. The van der Waals surface area contributed by atoms with Gasteiger partial charge in [-0.2, -0.15) is 0 Å². The van der Waals surface area contributed by atoms with E-state index in [4.69, 9.17) is 0 Å². The van der Waals surface area contributed by atoms with Crippen molar-refractivity contribution in [1.29, 1.82) is 0 Å². The molecule has 8 heteroatoms. The number of rotatable bonds is 5. The first-order chi connectivity index (χ1) is 12.7. The quantitative estimate of drug-likeness (QED) is 0.736. The van der Waals surface area contributed by atoms with Crippen LogP contribution in [0.3, 0.4) is 0 Å². The average molecular weight is 353 g/mol. The Bertz CT molecular complexity index is 894. The molecule has 1 atom stereocenters. The van der Waals surface area contributed by atoms with Crippen LogP contribution in [0.25, 0.3) is 5.65 Å². The lowest BCUT2D eigenvalue weighted by Crippen LogP contribution is -2.39. The Kier molecular flexibility index (Phi) is 4.57. The number of nitrogens with zero attached hydrogens (tertiary/aromatic N) is 5. The van der Waals surface area contributed by atoms with Crippen molar-refractivity contribution in [2.45, 2.75) is 18.9 Å². The number of imidazole rings is 2. The molecule has 1 fully saturated rings. The maximum Gasteiger partial charge on any atom is 0.320 e. The molecule has 1 unspecified atom stereocenters. The molecule has 1 saturated heterocycles. The third-order valence-corrected chi connectivity index (χ3v) is 4.77. The van der Waals surface area contributed by atoms with Crippen LogP contribution < -0.4 is 10.6 Å². The minimum Gasteiger partial charge on any atom is -0.340 e. The van der Waals surface area contributed by atoms with E-state index in [0.29, 0.717) is 12.4 Å². The van der Waals surface area contributed by atoms with Crippen LogP contribution in [0.15, 0.2) is 43.1 Å². The number of carbonyl (C=O) groups is 1. The molecule has 0 saturated carbocycles. The third kappa shape index (κ3) is 3.41. The van der Waals surface area contributed by atoms with E-state index in [1.165, 1.54) is 12.8 Å². The fourth-order valence-electron chi connectivity index (χ4n) is 3.48. The van der Waals surface area contributed by atoms with Crippen LogP contribution in [0, 0.1) is 0 Å². The third-order valence-electron chi connectivity index (χ3n) is 4.77. The SMILES string of the molecule is Cn1cnc(C(CNC(=O)Nc2cccc3nccn23)N2CCCC2)c1. The Hall–Kier alpha value is -2.87. The van der Waals surface area contributed by atoms with E-state index < -0.39 is 0 Å². The van der Waals surface area contributed by atoms with E-state index >= 15 is 0 Å². The summed E-state index contributed by atoms with van der Waals surface area (Å²) < 4.78 is 3.79. The lowest BCUT2D eigenvalue weighted by atomic mass is 10.2. The largest absolute Gasteiger partial charge is 0.340 e. The Morgan fingerprint density at radius 2 is 2.12 bits per heavy atom. The minimum atomic E-state index is -0.230. The van der Waals surface area contributed by atoms with E-state index in [0.717, 1.165) is 24.4 Å². The molecule has 0 radical (unpaired) electrons. The number of aryl methyl sites for hydroxylation is 1. The summed E-state index contributed by atoms with van der Waals surface area (Å²) in [4.78, 5) is 23.5. The monoisotopic (exact) mass is 353 g/mol. The summed E-state index contributed by atoms with van der Waals surface area (Å²) in [5, 5.41) is 5.90. The summed E-state index contributed by atoms with van der Waals surface area (Å²) in [5.74, 6) is 0.688. The van der Waals surface area contributed by atoms with Crippen LogP contribution in [-0.2, 0) is 7.05 Å². The number of amides is 2. The predicted octanol–water partition coefficient (Wildman–Crippen LogP) is 2.03. The van der Waals surface area contributed by atoms with Crippen molar-refractivity contribution < 1.29 is 4.79 Å². The van der Waals surface area contributed by atoms with Crippen molar-refractivity contribution in [1.82, 2.24) is 29.2 Å². The maximum absolute atomic E-state index is 12.4. The standard InChI is InChI=1S/C18H23N7O/c1-23-12-14(21-13-23)15(24-8-2-3-9-24)11-20-18(26)22-17-6-4-5-16-19-7-10-25(16)17/h4-7,10,12-13,15H,2-3,8-9,11H2,1H3,(H2,20,22,26). The van der Waals surface area contributed by atoms with Gasteiger partial charge in [0.1, 0.15) is 11.5 Å². The zero-order valence-corrected chi connectivity index (χ0v) is 14.8. The highest BCUT2D eigenvalue weighted by Crippen LogP contribution is 2.23. The zero-order valence-electron chi connectivity index (χ0n) is 14.8. The topological polar surface area (TPSA) is 79.5 Å². The Balaban J connectivity index is 1.43. The van der Waals surface area contributed by atoms with Gasteiger partial charge in [0.05, 0.1) is 18.1 Å². The summed E-state index contributed by atoms with van der Waals surface area (Å²) >= 11 is 0. The molecule has 3 aromatic heterocycles. The van der Waals surface area contributed by atoms with Gasteiger partial charge in [0, 0.05) is 32.2 Å². The highest BCUT2D eigenvalue weighted by molar-refractivity contribution is 5.88. The van der Waals surface area contributed by atoms with Crippen molar-refractivity contribution in [2.75, 3.05) is 25.0 Å². The minimum absolute atomic E-state index is 0.0912. The van der Waals surface area contributed by atoms with Crippen molar-refractivity contribution in [2.24, 2.45) is 7.05 Å². The molecular formula is C18H23N7O. The zero-order chi connectivity index (χ0) is 17.9. The highest BCUT2D eigenvalue weighted by atomic mass is 16.2. The molecule has 4 rings (SSSR count). The van der Waals surface area contributed by atoms with E-state index in [2.05, 4.69) is 25.5 Å². The molecule has 0 bridgehead atoms. The maximum atomic E-state index is 12.4. The summed E-state index contributed by atoms with van der Waals surface area (Å²) in [6.45, 7) is 2.60. The number of anilines is 1. The normalized spacial score (nSPS) is 16.0. The summed E-state index contributed by atoms with van der Waals surface area (Å²) in [7, 11) is 1.96. The number of hydrogen-bond donors (Lipinski definition) is 2. The number of aromatic nitrogens is 4. The average Bonchev–Trinajstić information content (AvgIpc) is 3.37. The number of hydrogen-bond acceptors (Lipinski definition) is 4. The molecule has 3 aromatic rings. The van der Waals surface area contributed by atoms with Gasteiger partial charge in [-0.1, -0.05) is 6.07 Å². The first-order valence-electron chi connectivity index (χ1n) is 8.89. The second-order valence-corrected chi connectivity index (χ2v) is 6.62. The predicted molar refractivity (Wildman–Crippen MR) is 99.0 cm³/mol. The van der Waals surface area contributed by atoms with Gasteiger partial charge in [-0.25, -0.2) is 14.8 Å². The highest BCUT2D eigenvalue weighted by Gasteiger charge is 2.25. The molecular weight excluding hydrogens is 330 g/mol. The van der Waals surface area contributed by atoms with Crippen LogP contribution in [0.1, 0.15) is 24.6 Å². The van der Waals surface area contributed by atoms with Crippen molar-refractivity contribution in [3.05, 3.63) is 48.8 Å². The van der Waals surface area contributed by atoms with Gasteiger partial charge >= 0.3 is 6.03 Å². The number of carbonyl (C=O) groups excluding carboxylic acids is 1. The second-order valence-electron chi connectivity index (χ2n) is 6.62. The molecule has 8 nitrogen and oxygen atoms in total. The molecule has 0 spiro atoms. The lowest BCUT2D eigenvalue weighted by Gasteiger charge is -2.26. The summed E-state index contributed by atoms with van der Waals surface area (Å²) in [6, 6.07) is 5.48. The number of nitrogens with one attached hydrogen (secondary N) is 2. The van der Waals surface area contributed by atoms with Gasteiger partial charge in [0.2, 0.25) is 0 Å². The van der Waals surface area contributed by atoms with E-state index in [9.17, 15) is 4.79 Å². The fourth-order valence-corrected chi connectivity index (χ4v) is 3.48. The second kappa shape index (κ2) is 7.17. The molecule has 4 heterocycles. The number of pyridine rings is 1. The van der Waals surface area contributed by atoms with Crippen molar-refractivity contribution >= 4 is 17.5 Å². The van der Waals surface area contributed by atoms with Crippen LogP contribution >= 0.6 is 0 Å². The van der Waals surface area contributed by atoms with Gasteiger partial charge < -0.3 is 9.88 Å². The molecule has 2 amide bonds. The fraction of sp³-hybridized carbons (Fsp3) is 0.389. The Morgan fingerprint density at radius 3 is 2.88 bits per heavy atom. The number of likely N-dealkylation sites (tertiary alicyclic amines) is 1. The molecule has 1 aliphatic rings. The van der Waals surface area contributed by atoms with Crippen LogP contribution in [0.2, 0.25) is 0 Å². The molecule has 2 N–H and O–H groups in total. The summed E-state index contributed by atoms with van der Waals surface area (Å²) in [6.07, 6.45) is 9.75. The van der Waals surface area contributed by atoms with Crippen LogP contribution in [-0.4, -0.2) is 49.5 Å². The Labute approximate surface area is 151 Å².